The van der Waals surface area contributed by atoms with Crippen LogP contribution in [-0.4, -0.2) is 24.5 Å². The third-order valence-corrected chi connectivity index (χ3v) is 5.58. The van der Waals surface area contributed by atoms with Crippen LogP contribution in [-0.2, 0) is 22.7 Å². The molecule has 0 aliphatic carbocycles. The second-order valence-electron chi connectivity index (χ2n) is 5.88. The van der Waals surface area contributed by atoms with Crippen LogP contribution in [0.4, 0.5) is 17.6 Å². The normalized spacial score (nSPS) is 12.6. The maximum atomic E-state index is 13.4. The quantitative estimate of drug-likeness (QED) is 0.666. The number of aryl methyl sites for hydroxylation is 1. The van der Waals surface area contributed by atoms with E-state index in [-0.39, 0.29) is 29.0 Å². The number of fused-ring (bicyclic) bond motifs is 1. The molecule has 0 spiro atoms. The van der Waals surface area contributed by atoms with E-state index in [1.807, 2.05) is 0 Å². The van der Waals surface area contributed by atoms with Gasteiger partial charge in [-0.05, 0) is 36.8 Å². The molecule has 0 amide bonds. The van der Waals surface area contributed by atoms with Crippen LogP contribution in [0, 0.1) is 12.7 Å². The number of alkyl halides is 3. The molecule has 1 heterocycles. The molecule has 5 nitrogen and oxygen atoms in total. The van der Waals surface area contributed by atoms with E-state index < -0.39 is 27.8 Å². The lowest BCUT2D eigenvalue weighted by Crippen LogP contribution is -2.29. The van der Waals surface area contributed by atoms with Gasteiger partial charge in [0, 0.05) is 13.1 Å². The van der Waals surface area contributed by atoms with Crippen molar-refractivity contribution in [2.24, 2.45) is 0 Å². The van der Waals surface area contributed by atoms with Crippen molar-refractivity contribution in [1.29, 1.82) is 0 Å². The largest absolute Gasteiger partial charge is 0.449 e. The number of nitrogens with zero attached hydrogens (tertiary/aromatic N) is 2. The Morgan fingerprint density at radius 2 is 1.85 bits per heavy atom. The molecule has 0 aliphatic rings. The van der Waals surface area contributed by atoms with Gasteiger partial charge in [-0.3, -0.25) is 0 Å². The molecule has 3 rings (SSSR count). The summed E-state index contributed by atoms with van der Waals surface area (Å²) in [5.74, 6) is -1.83. The molecule has 0 unspecified atom stereocenters. The number of hydrogen-bond acceptors (Lipinski definition) is 3. The molecule has 10 heteroatoms. The van der Waals surface area contributed by atoms with Crippen LogP contribution in [0.1, 0.15) is 11.4 Å². The Balaban J connectivity index is 1.86. The summed E-state index contributed by atoms with van der Waals surface area (Å²) in [5, 5.41) is 0. The highest BCUT2D eigenvalue weighted by Crippen LogP contribution is 2.31. The lowest BCUT2D eigenvalue weighted by Gasteiger charge is -2.13. The molecule has 1 N–H and O–H groups in total. The standard InChI is InChI=1S/C17H15F4N3O2S/c1-11-6-7-12(18)10-15(11)27(25,26)22-8-9-24-14-5-3-2-4-13(14)23-16(24)17(19,20)21/h2-7,10,22H,8-9H2,1H3. The zero-order chi connectivity index (χ0) is 19.8. The lowest BCUT2D eigenvalue weighted by molar-refractivity contribution is -0.146. The molecule has 0 bridgehead atoms. The van der Waals surface area contributed by atoms with E-state index in [1.165, 1.54) is 25.1 Å². The molecule has 0 atom stereocenters. The van der Waals surface area contributed by atoms with Gasteiger partial charge in [0.2, 0.25) is 15.8 Å². The zero-order valence-corrected chi connectivity index (χ0v) is 14.9. The van der Waals surface area contributed by atoms with E-state index >= 15 is 0 Å². The summed E-state index contributed by atoms with van der Waals surface area (Å²) < 4.78 is 80.9. The predicted molar refractivity (Wildman–Crippen MR) is 91.1 cm³/mol. The first-order valence-electron chi connectivity index (χ1n) is 7.88. The average molecular weight is 401 g/mol. The van der Waals surface area contributed by atoms with Gasteiger partial charge < -0.3 is 4.57 Å². The third-order valence-electron chi connectivity index (χ3n) is 3.98. The number of para-hydroxylation sites is 2. The minimum Gasteiger partial charge on any atom is -0.319 e. The Morgan fingerprint density at radius 1 is 1.15 bits per heavy atom. The van der Waals surface area contributed by atoms with Crippen molar-refractivity contribution in [3.63, 3.8) is 0 Å². The van der Waals surface area contributed by atoms with Crippen LogP contribution < -0.4 is 4.72 Å². The molecule has 1 aromatic heterocycles. The Bertz CT molecular complexity index is 1090. The minimum atomic E-state index is -4.68. The van der Waals surface area contributed by atoms with E-state index in [2.05, 4.69) is 9.71 Å². The number of nitrogens with one attached hydrogen (secondary N) is 1. The van der Waals surface area contributed by atoms with Crippen molar-refractivity contribution in [3.05, 3.63) is 59.7 Å². The lowest BCUT2D eigenvalue weighted by atomic mass is 10.2. The van der Waals surface area contributed by atoms with Crippen LogP contribution >= 0.6 is 0 Å². The maximum absolute atomic E-state index is 13.4. The van der Waals surface area contributed by atoms with E-state index in [1.54, 1.807) is 12.1 Å². The van der Waals surface area contributed by atoms with Crippen LogP contribution in [0.2, 0.25) is 0 Å². The first-order valence-corrected chi connectivity index (χ1v) is 9.36. The number of rotatable bonds is 5. The van der Waals surface area contributed by atoms with Crippen molar-refractivity contribution in [2.75, 3.05) is 6.54 Å². The zero-order valence-electron chi connectivity index (χ0n) is 14.1. The van der Waals surface area contributed by atoms with E-state index in [0.717, 1.165) is 16.7 Å². The molecule has 0 saturated heterocycles. The average Bonchev–Trinajstić information content (AvgIpc) is 2.96. The molecule has 0 radical (unpaired) electrons. The summed E-state index contributed by atoms with van der Waals surface area (Å²) in [7, 11) is -4.07. The summed E-state index contributed by atoms with van der Waals surface area (Å²) in [6.07, 6.45) is -4.68. The van der Waals surface area contributed by atoms with Crippen LogP contribution in [0.25, 0.3) is 11.0 Å². The van der Waals surface area contributed by atoms with Crippen molar-refractivity contribution < 1.29 is 26.0 Å². The predicted octanol–water partition coefficient (Wildman–Crippen LogP) is 3.48. The molecule has 2 aromatic carbocycles. The third kappa shape index (κ3) is 3.96. The number of benzene rings is 2. The highest BCUT2D eigenvalue weighted by Gasteiger charge is 2.37. The summed E-state index contributed by atoms with van der Waals surface area (Å²) in [6, 6.07) is 9.36. The van der Waals surface area contributed by atoms with Crippen molar-refractivity contribution >= 4 is 21.1 Å². The maximum Gasteiger partial charge on any atom is 0.449 e. The van der Waals surface area contributed by atoms with Crippen LogP contribution in [0.3, 0.4) is 0 Å². The molecule has 3 aromatic rings. The van der Waals surface area contributed by atoms with Gasteiger partial charge in [0.25, 0.3) is 0 Å². The van der Waals surface area contributed by atoms with Gasteiger partial charge in [-0.2, -0.15) is 13.2 Å². The van der Waals surface area contributed by atoms with E-state index in [4.69, 9.17) is 0 Å². The van der Waals surface area contributed by atoms with Gasteiger partial charge in [0.15, 0.2) is 0 Å². The molecule has 0 aliphatic heterocycles. The van der Waals surface area contributed by atoms with E-state index in [9.17, 15) is 26.0 Å². The Kier molecular flexibility index (Phi) is 4.96. The van der Waals surface area contributed by atoms with Gasteiger partial charge in [-0.15, -0.1) is 0 Å². The van der Waals surface area contributed by atoms with Gasteiger partial charge in [-0.25, -0.2) is 22.5 Å². The molecular formula is C17H15F4N3O2S. The fourth-order valence-corrected chi connectivity index (χ4v) is 4.03. The number of imidazole rings is 1. The number of halogens is 4. The molecule has 27 heavy (non-hydrogen) atoms. The van der Waals surface area contributed by atoms with Crippen LogP contribution in [0.15, 0.2) is 47.4 Å². The molecular weight excluding hydrogens is 386 g/mol. The topological polar surface area (TPSA) is 64.0 Å². The molecule has 144 valence electrons. The van der Waals surface area contributed by atoms with Gasteiger partial charge in [-0.1, -0.05) is 18.2 Å². The number of aromatic nitrogens is 2. The molecule has 0 fully saturated rings. The summed E-state index contributed by atoms with van der Waals surface area (Å²) in [6.45, 7) is 0.893. The second kappa shape index (κ2) is 6.93. The SMILES string of the molecule is Cc1ccc(F)cc1S(=O)(=O)NCCn1c(C(F)(F)F)nc2ccccc21. The highest BCUT2D eigenvalue weighted by molar-refractivity contribution is 7.89. The molecule has 0 saturated carbocycles. The fraction of sp³-hybridized carbons (Fsp3) is 0.235. The van der Waals surface area contributed by atoms with Crippen molar-refractivity contribution in [2.45, 2.75) is 24.5 Å². The fourth-order valence-electron chi connectivity index (χ4n) is 2.75. The highest BCUT2D eigenvalue weighted by atomic mass is 32.2. The number of sulfonamides is 1. The Labute approximate surface area is 152 Å². The van der Waals surface area contributed by atoms with E-state index in [0.29, 0.717) is 5.56 Å². The summed E-state index contributed by atoms with van der Waals surface area (Å²) in [5.41, 5.74) is 0.729. The summed E-state index contributed by atoms with van der Waals surface area (Å²) >= 11 is 0. The monoisotopic (exact) mass is 401 g/mol. The Hall–Kier alpha value is -2.46. The van der Waals surface area contributed by atoms with Crippen molar-refractivity contribution in [3.8, 4) is 0 Å². The van der Waals surface area contributed by atoms with Gasteiger partial charge in [0.1, 0.15) is 5.82 Å². The van der Waals surface area contributed by atoms with Gasteiger partial charge in [0.05, 0.1) is 15.9 Å². The number of hydrogen-bond donors (Lipinski definition) is 1. The summed E-state index contributed by atoms with van der Waals surface area (Å²) in [4.78, 5) is 3.34. The van der Waals surface area contributed by atoms with Crippen LogP contribution in [0.5, 0.6) is 0 Å². The Morgan fingerprint density at radius 3 is 2.56 bits per heavy atom. The van der Waals surface area contributed by atoms with Gasteiger partial charge >= 0.3 is 6.18 Å². The smallest absolute Gasteiger partial charge is 0.319 e. The minimum absolute atomic E-state index is 0.161. The first kappa shape index (κ1) is 19.3. The van der Waals surface area contributed by atoms with Crippen molar-refractivity contribution in [1.82, 2.24) is 14.3 Å². The second-order valence-corrected chi connectivity index (χ2v) is 7.62. The first-order chi connectivity index (χ1) is 12.6.